The molecule has 0 radical (unpaired) electrons. The van der Waals surface area contributed by atoms with E-state index >= 15 is 0 Å². The van der Waals surface area contributed by atoms with Gasteiger partial charge in [-0.2, -0.15) is 9.97 Å². The van der Waals surface area contributed by atoms with E-state index in [9.17, 15) is 18.4 Å². The van der Waals surface area contributed by atoms with E-state index in [1.807, 2.05) is 9.80 Å². The van der Waals surface area contributed by atoms with Crippen LogP contribution in [0.1, 0.15) is 44.4 Å². The van der Waals surface area contributed by atoms with Crippen LogP contribution in [-0.4, -0.2) is 106 Å². The van der Waals surface area contributed by atoms with Crippen molar-refractivity contribution in [2.24, 2.45) is 0 Å². The fraction of sp³-hybridized carbons (Fsp3) is 0.552. The third kappa shape index (κ3) is 6.38. The molecule has 3 fully saturated rings. The topological polar surface area (TPSA) is 144 Å². The minimum absolute atomic E-state index is 0.0124. The van der Waals surface area contributed by atoms with Gasteiger partial charge in [0, 0.05) is 31.7 Å². The van der Waals surface area contributed by atoms with E-state index in [4.69, 9.17) is 19.3 Å². The Kier molecular flexibility index (Phi) is 9.02. The summed E-state index contributed by atoms with van der Waals surface area (Å²) in [5.41, 5.74) is 0.941. The number of para-hydroxylation sites is 2. The molecule has 44 heavy (non-hydrogen) atoms. The van der Waals surface area contributed by atoms with Crippen molar-refractivity contribution in [1.82, 2.24) is 29.7 Å². The van der Waals surface area contributed by atoms with Gasteiger partial charge >= 0.3 is 6.09 Å². The molecule has 13 nitrogen and oxygen atoms in total. The largest absolute Gasteiger partial charge is 0.474 e. The lowest BCUT2D eigenvalue weighted by Crippen LogP contribution is -2.46. The molecule has 1 aliphatic carbocycles. The van der Waals surface area contributed by atoms with Crippen molar-refractivity contribution in [3.8, 4) is 11.7 Å². The quantitative estimate of drug-likeness (QED) is 0.369. The monoisotopic (exact) mass is 615 g/mol. The molecule has 2 aromatic heterocycles. The number of carbonyl (C=O) groups excluding carboxylic acids is 2. The maximum atomic E-state index is 14.2. The van der Waals surface area contributed by atoms with Gasteiger partial charge in [0.2, 0.25) is 17.7 Å². The highest BCUT2D eigenvalue weighted by atomic mass is 19.3. The Morgan fingerprint density at radius 3 is 2.59 bits per heavy atom. The van der Waals surface area contributed by atoms with Crippen molar-refractivity contribution < 1.29 is 37.7 Å². The summed E-state index contributed by atoms with van der Waals surface area (Å²) in [5, 5.41) is 11.4. The first-order chi connectivity index (χ1) is 21.4. The van der Waals surface area contributed by atoms with E-state index in [0.29, 0.717) is 81.9 Å². The summed E-state index contributed by atoms with van der Waals surface area (Å²) in [6.07, 6.45) is -0.523. The fourth-order valence-corrected chi connectivity index (χ4v) is 6.08. The number of nitrogens with zero attached hydrogens (tertiary/aromatic N) is 6. The number of fused-ring (bicyclic) bond motifs is 1. The predicted molar refractivity (Wildman–Crippen MR) is 153 cm³/mol. The number of aliphatic hydroxyl groups is 1. The lowest BCUT2D eigenvalue weighted by atomic mass is 9.92. The average molecular weight is 616 g/mol. The van der Waals surface area contributed by atoms with Crippen LogP contribution in [0.15, 0.2) is 30.3 Å². The first kappa shape index (κ1) is 29.9. The molecule has 6 rings (SSSR count). The van der Waals surface area contributed by atoms with E-state index in [-0.39, 0.29) is 43.0 Å². The van der Waals surface area contributed by atoms with Gasteiger partial charge in [0.15, 0.2) is 5.82 Å². The number of benzene rings is 1. The van der Waals surface area contributed by atoms with Crippen LogP contribution >= 0.6 is 0 Å². The van der Waals surface area contributed by atoms with E-state index in [2.05, 4.69) is 20.3 Å². The molecule has 2 saturated heterocycles. The Labute approximate surface area is 252 Å². The molecule has 2 amide bonds. The number of aromatic nitrogens is 4. The third-order valence-corrected chi connectivity index (χ3v) is 8.21. The van der Waals surface area contributed by atoms with Crippen LogP contribution in [0.5, 0.6) is 5.88 Å². The lowest BCUT2D eigenvalue weighted by Gasteiger charge is -2.34. The van der Waals surface area contributed by atoms with Crippen molar-refractivity contribution >= 4 is 29.0 Å². The van der Waals surface area contributed by atoms with Gasteiger partial charge in [0.25, 0.3) is 6.43 Å². The first-order valence-electron chi connectivity index (χ1n) is 14.9. The number of aliphatic hydroxyl groups excluding tert-OH is 1. The zero-order chi connectivity index (χ0) is 30.6. The highest BCUT2D eigenvalue weighted by Gasteiger charge is 2.39. The maximum absolute atomic E-state index is 14.2. The number of ether oxygens (including phenoxy) is 3. The number of alkyl halides is 2. The van der Waals surface area contributed by atoms with Gasteiger partial charge in [0.1, 0.15) is 24.6 Å². The van der Waals surface area contributed by atoms with Gasteiger partial charge in [-0.1, -0.05) is 12.1 Å². The molecule has 1 aromatic carbocycles. The number of hydrogen-bond acceptors (Lipinski definition) is 10. The number of imidazole rings is 1. The van der Waals surface area contributed by atoms with Crippen molar-refractivity contribution in [2.45, 2.75) is 56.7 Å². The number of morpholine rings is 1. The SMILES string of the molecule is O=C(N[C@H]1CCN(C2CCC(Oc3cc(-n4c(C(F)F)nc5ccccc54)nc(N4CCOCC4)n3)CC2)C1=O)OCCO. The molecule has 4 heterocycles. The van der Waals surface area contributed by atoms with Crippen LogP contribution in [0.2, 0.25) is 0 Å². The number of amides is 2. The molecule has 0 unspecified atom stereocenters. The van der Waals surface area contributed by atoms with Crippen LogP contribution < -0.4 is 15.0 Å². The molecule has 0 bridgehead atoms. The average Bonchev–Trinajstić information content (AvgIpc) is 3.61. The summed E-state index contributed by atoms with van der Waals surface area (Å²) in [7, 11) is 0. The van der Waals surface area contributed by atoms with Crippen LogP contribution in [0, 0.1) is 0 Å². The van der Waals surface area contributed by atoms with Gasteiger partial charge < -0.3 is 34.4 Å². The molecule has 2 N–H and O–H groups in total. The van der Waals surface area contributed by atoms with Crippen LogP contribution in [0.4, 0.5) is 19.5 Å². The predicted octanol–water partition coefficient (Wildman–Crippen LogP) is 2.60. The van der Waals surface area contributed by atoms with Crippen molar-refractivity contribution in [2.75, 3.05) is 51.0 Å². The van der Waals surface area contributed by atoms with Gasteiger partial charge in [0.05, 0.1) is 30.9 Å². The molecule has 3 aromatic rings. The Balaban J connectivity index is 1.18. The molecular formula is C29H35F2N7O6. The summed E-state index contributed by atoms with van der Waals surface area (Å²) in [5.74, 6) is 0.335. The Bertz CT molecular complexity index is 1480. The van der Waals surface area contributed by atoms with Crippen molar-refractivity contribution in [3.05, 3.63) is 36.2 Å². The highest BCUT2D eigenvalue weighted by Crippen LogP contribution is 2.32. The number of rotatable bonds is 9. The smallest absolute Gasteiger partial charge is 0.407 e. The summed E-state index contributed by atoms with van der Waals surface area (Å²) in [6, 6.07) is 7.87. The minimum Gasteiger partial charge on any atom is -0.474 e. The number of halogens is 2. The normalized spacial score (nSPS) is 22.5. The first-order valence-corrected chi connectivity index (χ1v) is 14.9. The van der Waals surface area contributed by atoms with Crippen LogP contribution in [0.25, 0.3) is 16.9 Å². The van der Waals surface area contributed by atoms with Crippen LogP contribution in [0.3, 0.4) is 0 Å². The second-order valence-electron chi connectivity index (χ2n) is 11.0. The van der Waals surface area contributed by atoms with E-state index in [0.717, 1.165) is 0 Å². The molecule has 236 valence electrons. The van der Waals surface area contributed by atoms with Crippen molar-refractivity contribution in [3.63, 3.8) is 0 Å². The van der Waals surface area contributed by atoms with Gasteiger partial charge in [-0.05, 0) is 44.2 Å². The van der Waals surface area contributed by atoms with Gasteiger partial charge in [-0.15, -0.1) is 0 Å². The van der Waals surface area contributed by atoms with E-state index < -0.39 is 24.4 Å². The number of likely N-dealkylation sites (tertiary alicyclic amines) is 1. The van der Waals surface area contributed by atoms with E-state index in [1.165, 1.54) is 4.57 Å². The van der Waals surface area contributed by atoms with Crippen molar-refractivity contribution in [1.29, 1.82) is 0 Å². The Hall–Kier alpha value is -4.11. The number of nitrogens with one attached hydrogen (secondary N) is 1. The summed E-state index contributed by atoms with van der Waals surface area (Å²) in [6.45, 7) is 2.22. The van der Waals surface area contributed by atoms with Gasteiger partial charge in [-0.3, -0.25) is 9.36 Å². The number of alkyl carbamates (subject to hydrolysis) is 1. The molecule has 2 aliphatic heterocycles. The molecular weight excluding hydrogens is 580 g/mol. The second kappa shape index (κ2) is 13.3. The van der Waals surface area contributed by atoms with Crippen LogP contribution in [-0.2, 0) is 14.3 Å². The Morgan fingerprint density at radius 1 is 1.07 bits per heavy atom. The van der Waals surface area contributed by atoms with E-state index in [1.54, 1.807) is 30.3 Å². The van der Waals surface area contributed by atoms with Gasteiger partial charge in [-0.25, -0.2) is 18.6 Å². The summed E-state index contributed by atoms with van der Waals surface area (Å²) in [4.78, 5) is 42.1. The minimum atomic E-state index is -2.82. The zero-order valence-corrected chi connectivity index (χ0v) is 24.1. The lowest BCUT2D eigenvalue weighted by molar-refractivity contribution is -0.132. The molecule has 15 heteroatoms. The molecule has 1 atom stereocenters. The number of carbonyl (C=O) groups is 2. The zero-order valence-electron chi connectivity index (χ0n) is 24.1. The maximum Gasteiger partial charge on any atom is 0.407 e. The number of hydrogen-bond donors (Lipinski definition) is 2. The Morgan fingerprint density at radius 2 is 1.84 bits per heavy atom. The number of anilines is 1. The molecule has 1 saturated carbocycles. The highest BCUT2D eigenvalue weighted by molar-refractivity contribution is 5.87. The fourth-order valence-electron chi connectivity index (χ4n) is 6.08. The summed E-state index contributed by atoms with van der Waals surface area (Å²) >= 11 is 0. The molecule has 0 spiro atoms. The summed E-state index contributed by atoms with van der Waals surface area (Å²) < 4.78 is 46.3. The second-order valence-corrected chi connectivity index (χ2v) is 11.0. The standard InChI is InChI=1S/C29H35F2N7O6/c30-25(31)26-32-20-3-1-2-4-22(20)38(26)23-17-24(35-28(34-23)36-11-14-42-15-12-36)44-19-7-5-18(6-8-19)37-10-9-21(27(37)40)33-29(41)43-16-13-39/h1-4,17-19,21,25,39H,5-16H2,(H,33,41)/t18?,19?,21-/m0/s1. The molecule has 3 aliphatic rings. The third-order valence-electron chi connectivity index (χ3n) is 8.21.